The van der Waals surface area contributed by atoms with Gasteiger partial charge in [-0.25, -0.2) is 0 Å². The van der Waals surface area contributed by atoms with Gasteiger partial charge < -0.3 is 9.73 Å². The number of piperazine rings is 1. The molecular formula is C23H23ClF3N5O2. The second-order valence-electron chi connectivity index (χ2n) is 8.04. The number of carbonyl (C=O) groups excluding carboxylic acids is 1. The lowest BCUT2D eigenvalue weighted by atomic mass is 10.2. The van der Waals surface area contributed by atoms with E-state index in [1.807, 2.05) is 42.2 Å². The number of alkyl halides is 3. The van der Waals surface area contributed by atoms with Crippen molar-refractivity contribution >= 4 is 23.2 Å². The van der Waals surface area contributed by atoms with Crippen molar-refractivity contribution in [3.05, 3.63) is 65.0 Å². The maximum Gasteiger partial charge on any atom is 0.417 e. The van der Waals surface area contributed by atoms with Crippen LogP contribution in [0.3, 0.4) is 0 Å². The predicted molar refractivity (Wildman–Crippen MR) is 121 cm³/mol. The lowest BCUT2D eigenvalue weighted by Crippen LogP contribution is -2.49. The van der Waals surface area contributed by atoms with Gasteiger partial charge >= 0.3 is 6.18 Å². The van der Waals surface area contributed by atoms with Gasteiger partial charge in [0.25, 0.3) is 0 Å². The van der Waals surface area contributed by atoms with Gasteiger partial charge in [0, 0.05) is 37.4 Å². The van der Waals surface area contributed by atoms with Gasteiger partial charge in [0.2, 0.25) is 17.7 Å². The average Bonchev–Trinajstić information content (AvgIpc) is 3.30. The molecule has 0 aliphatic carbocycles. The van der Waals surface area contributed by atoms with Crippen LogP contribution in [0.4, 0.5) is 18.9 Å². The van der Waals surface area contributed by atoms with Crippen LogP contribution in [0.2, 0.25) is 5.02 Å². The van der Waals surface area contributed by atoms with Crippen LogP contribution in [0.25, 0.3) is 11.5 Å². The highest BCUT2D eigenvalue weighted by Gasteiger charge is 2.33. The summed E-state index contributed by atoms with van der Waals surface area (Å²) in [5.41, 5.74) is -0.0714. The van der Waals surface area contributed by atoms with E-state index in [-0.39, 0.29) is 24.2 Å². The molecule has 11 heteroatoms. The van der Waals surface area contributed by atoms with Gasteiger partial charge in [0.05, 0.1) is 23.2 Å². The minimum absolute atomic E-state index is 0.0552. The van der Waals surface area contributed by atoms with E-state index in [2.05, 4.69) is 20.4 Å². The normalized spacial score (nSPS) is 16.4. The number of amides is 1. The minimum Gasteiger partial charge on any atom is -0.419 e. The third-order valence-corrected chi connectivity index (χ3v) is 6.03. The highest BCUT2D eigenvalue weighted by Crippen LogP contribution is 2.36. The molecule has 1 N–H and O–H groups in total. The Morgan fingerprint density at radius 1 is 1.12 bits per heavy atom. The van der Waals surface area contributed by atoms with Gasteiger partial charge in [-0.05, 0) is 37.3 Å². The van der Waals surface area contributed by atoms with E-state index in [1.54, 1.807) is 0 Å². The van der Waals surface area contributed by atoms with E-state index in [0.29, 0.717) is 38.0 Å². The summed E-state index contributed by atoms with van der Waals surface area (Å²) in [4.78, 5) is 16.5. The number of anilines is 1. The summed E-state index contributed by atoms with van der Waals surface area (Å²) in [5, 5.41) is 10.4. The number of hydrogen-bond donors (Lipinski definition) is 1. The molecule has 1 saturated heterocycles. The summed E-state index contributed by atoms with van der Waals surface area (Å²) in [5.74, 6) is 0.600. The van der Waals surface area contributed by atoms with Crippen LogP contribution in [0.15, 0.2) is 52.9 Å². The number of rotatable bonds is 6. The van der Waals surface area contributed by atoms with Gasteiger partial charge in [0.1, 0.15) is 0 Å². The summed E-state index contributed by atoms with van der Waals surface area (Å²) in [6.07, 6.45) is -4.59. The van der Waals surface area contributed by atoms with Crippen molar-refractivity contribution in [2.75, 3.05) is 38.0 Å². The van der Waals surface area contributed by atoms with Crippen molar-refractivity contribution in [2.45, 2.75) is 19.1 Å². The van der Waals surface area contributed by atoms with E-state index >= 15 is 0 Å². The summed E-state index contributed by atoms with van der Waals surface area (Å²) in [7, 11) is 0. The number of hydrogen-bond acceptors (Lipinski definition) is 6. The fraction of sp³-hybridized carbons (Fsp3) is 0.348. The fourth-order valence-electron chi connectivity index (χ4n) is 3.79. The Bertz CT molecular complexity index is 1130. The summed E-state index contributed by atoms with van der Waals surface area (Å²) in [6.45, 7) is 4.65. The first-order valence-electron chi connectivity index (χ1n) is 10.7. The van der Waals surface area contributed by atoms with Crippen molar-refractivity contribution in [1.29, 1.82) is 0 Å². The largest absolute Gasteiger partial charge is 0.419 e. The maximum atomic E-state index is 13.0. The molecule has 0 radical (unpaired) electrons. The fourth-order valence-corrected chi connectivity index (χ4v) is 4.01. The van der Waals surface area contributed by atoms with Gasteiger partial charge in [0.15, 0.2) is 0 Å². The van der Waals surface area contributed by atoms with Crippen LogP contribution in [-0.2, 0) is 11.0 Å². The first-order chi connectivity index (χ1) is 16.2. The quantitative estimate of drug-likeness (QED) is 0.535. The molecule has 1 aromatic heterocycles. The van der Waals surface area contributed by atoms with Crippen LogP contribution in [0.5, 0.6) is 0 Å². The highest BCUT2D eigenvalue weighted by molar-refractivity contribution is 6.31. The van der Waals surface area contributed by atoms with E-state index in [9.17, 15) is 18.0 Å². The molecule has 1 atom stereocenters. The molecule has 0 saturated carbocycles. The van der Waals surface area contributed by atoms with Gasteiger partial charge in [-0.2, -0.15) is 13.2 Å². The number of nitrogens with one attached hydrogen (secondary N) is 1. The number of halogens is 4. The molecule has 3 aromatic rings. The third-order valence-electron chi connectivity index (χ3n) is 5.70. The van der Waals surface area contributed by atoms with Crippen LogP contribution >= 0.6 is 11.6 Å². The molecule has 1 amide bonds. The standard InChI is InChI=1S/C23H23ClF3N5O2/c1-15(21-29-30-22(34-21)16-5-3-2-4-6-16)32-11-9-31(10-12-32)14-20(33)28-17-7-8-19(24)18(13-17)23(25,26)27/h2-8,13,15H,9-12,14H2,1H3,(H,28,33)/t15-/m0/s1. The molecule has 2 heterocycles. The number of aromatic nitrogens is 2. The average molecular weight is 494 g/mol. The van der Waals surface area contributed by atoms with E-state index in [1.165, 1.54) is 6.07 Å². The summed E-state index contributed by atoms with van der Waals surface area (Å²) < 4.78 is 44.9. The molecule has 7 nitrogen and oxygen atoms in total. The number of nitrogens with zero attached hydrogens (tertiary/aromatic N) is 4. The second kappa shape index (κ2) is 10.1. The Morgan fingerprint density at radius 2 is 1.82 bits per heavy atom. The Hall–Kier alpha value is -2.95. The van der Waals surface area contributed by atoms with Gasteiger partial charge in [-0.3, -0.25) is 14.6 Å². The first kappa shape index (κ1) is 24.2. The molecular weight excluding hydrogens is 471 g/mol. The zero-order valence-electron chi connectivity index (χ0n) is 18.3. The minimum atomic E-state index is -4.59. The molecule has 1 aliphatic heterocycles. The molecule has 1 aliphatic rings. The summed E-state index contributed by atoms with van der Waals surface area (Å²) >= 11 is 5.63. The molecule has 180 valence electrons. The zero-order valence-corrected chi connectivity index (χ0v) is 19.1. The first-order valence-corrected chi connectivity index (χ1v) is 11.1. The Balaban J connectivity index is 1.29. The smallest absolute Gasteiger partial charge is 0.417 e. The van der Waals surface area contributed by atoms with E-state index < -0.39 is 16.8 Å². The lowest BCUT2D eigenvalue weighted by Gasteiger charge is -2.36. The van der Waals surface area contributed by atoms with Crippen molar-refractivity contribution in [3.8, 4) is 11.5 Å². The number of carbonyl (C=O) groups is 1. The van der Waals surface area contributed by atoms with Crippen LogP contribution in [0.1, 0.15) is 24.4 Å². The van der Waals surface area contributed by atoms with Gasteiger partial charge in [-0.15, -0.1) is 10.2 Å². The highest BCUT2D eigenvalue weighted by atomic mass is 35.5. The Morgan fingerprint density at radius 3 is 2.50 bits per heavy atom. The third kappa shape index (κ3) is 5.75. The van der Waals surface area contributed by atoms with Crippen LogP contribution in [0, 0.1) is 0 Å². The molecule has 4 rings (SSSR count). The topological polar surface area (TPSA) is 74.5 Å². The Kier molecular flexibility index (Phi) is 7.20. The lowest BCUT2D eigenvalue weighted by molar-refractivity contribution is -0.137. The predicted octanol–water partition coefficient (Wildman–Crippen LogP) is 4.73. The van der Waals surface area contributed by atoms with E-state index in [4.69, 9.17) is 16.0 Å². The van der Waals surface area contributed by atoms with Crippen molar-refractivity contribution in [2.24, 2.45) is 0 Å². The molecule has 0 unspecified atom stereocenters. The Labute approximate surface area is 199 Å². The van der Waals surface area contributed by atoms with Crippen molar-refractivity contribution in [3.63, 3.8) is 0 Å². The SMILES string of the molecule is C[C@@H](c1nnc(-c2ccccc2)o1)N1CCN(CC(=O)Nc2ccc(Cl)c(C(F)(F)F)c2)CC1. The molecule has 34 heavy (non-hydrogen) atoms. The molecule has 0 spiro atoms. The van der Waals surface area contributed by atoms with Crippen LogP contribution < -0.4 is 5.32 Å². The van der Waals surface area contributed by atoms with E-state index in [0.717, 1.165) is 17.7 Å². The molecule has 2 aromatic carbocycles. The van der Waals surface area contributed by atoms with Crippen molar-refractivity contribution < 1.29 is 22.4 Å². The maximum absolute atomic E-state index is 13.0. The summed E-state index contributed by atoms with van der Waals surface area (Å²) in [6, 6.07) is 12.8. The molecule has 1 fully saturated rings. The van der Waals surface area contributed by atoms with Crippen molar-refractivity contribution in [1.82, 2.24) is 20.0 Å². The second-order valence-corrected chi connectivity index (χ2v) is 8.45. The zero-order chi connectivity index (χ0) is 24.3. The monoisotopic (exact) mass is 493 g/mol. The van der Waals surface area contributed by atoms with Gasteiger partial charge in [-0.1, -0.05) is 29.8 Å². The number of benzene rings is 2. The molecule has 0 bridgehead atoms. The van der Waals surface area contributed by atoms with Crippen LogP contribution in [-0.4, -0.2) is 58.6 Å².